The van der Waals surface area contributed by atoms with E-state index in [1.165, 1.54) is 15.8 Å². The highest BCUT2D eigenvalue weighted by molar-refractivity contribution is 5.94. The first-order valence-corrected chi connectivity index (χ1v) is 12.5. The number of carbonyl (C=O) groups is 3. The smallest absolute Gasteiger partial charge is 0.335 e. The fourth-order valence-corrected chi connectivity index (χ4v) is 4.91. The third kappa shape index (κ3) is 5.67. The molecule has 2 aliphatic heterocycles. The van der Waals surface area contributed by atoms with E-state index in [4.69, 9.17) is 14.7 Å². The normalized spacial score (nSPS) is 21.5. The van der Waals surface area contributed by atoms with Crippen LogP contribution in [0.5, 0.6) is 0 Å². The Morgan fingerprint density at radius 3 is 2.81 bits per heavy atom. The summed E-state index contributed by atoms with van der Waals surface area (Å²) in [6.07, 6.45) is 4.76. The highest BCUT2D eigenvalue weighted by Gasteiger charge is 2.33. The molecule has 2 aromatic heterocycles. The van der Waals surface area contributed by atoms with Crippen LogP contribution in [0.4, 0.5) is 10.6 Å². The number of aromatic nitrogens is 3. The molecule has 2 saturated heterocycles. The van der Waals surface area contributed by atoms with Crippen molar-refractivity contribution < 1.29 is 23.9 Å². The van der Waals surface area contributed by atoms with Crippen LogP contribution in [0.25, 0.3) is 11.0 Å². The van der Waals surface area contributed by atoms with Gasteiger partial charge in [0, 0.05) is 40.0 Å². The Hall–Kier alpha value is -3.72. The Morgan fingerprint density at radius 2 is 2.08 bits per heavy atom. The van der Waals surface area contributed by atoms with Crippen molar-refractivity contribution in [1.82, 2.24) is 24.3 Å². The number of carbonyl (C=O) groups excluding carboxylic acids is 3. The molecule has 0 saturated carbocycles. The summed E-state index contributed by atoms with van der Waals surface area (Å²) in [5, 5.41) is 9.62. The summed E-state index contributed by atoms with van der Waals surface area (Å²) >= 11 is 0. The highest BCUT2D eigenvalue weighted by Crippen LogP contribution is 2.29. The van der Waals surface area contributed by atoms with Gasteiger partial charge in [0.1, 0.15) is 25.2 Å². The van der Waals surface area contributed by atoms with Gasteiger partial charge in [0.25, 0.3) is 0 Å². The van der Waals surface area contributed by atoms with Crippen molar-refractivity contribution >= 4 is 34.8 Å². The van der Waals surface area contributed by atoms with Crippen molar-refractivity contribution in [2.45, 2.75) is 44.8 Å². The lowest BCUT2D eigenvalue weighted by atomic mass is 9.92. The van der Waals surface area contributed by atoms with Crippen LogP contribution in [0.2, 0.25) is 0 Å². The molecule has 2 aliphatic rings. The van der Waals surface area contributed by atoms with E-state index in [0.717, 1.165) is 12.8 Å². The molecule has 3 atom stereocenters. The summed E-state index contributed by atoms with van der Waals surface area (Å²) in [6.45, 7) is 4.13. The van der Waals surface area contributed by atoms with Gasteiger partial charge in [-0.3, -0.25) is 9.36 Å². The van der Waals surface area contributed by atoms with E-state index in [2.05, 4.69) is 16.9 Å². The maximum atomic E-state index is 13.1. The third-order valence-corrected chi connectivity index (χ3v) is 7.19. The predicted molar refractivity (Wildman–Crippen MR) is 134 cm³/mol. The van der Waals surface area contributed by atoms with Crippen LogP contribution < -0.4 is 4.90 Å². The summed E-state index contributed by atoms with van der Waals surface area (Å²) in [4.78, 5) is 51.6. The van der Waals surface area contributed by atoms with E-state index in [0.29, 0.717) is 48.9 Å². The standard InChI is InChI=1S/C25H33N7O5/c1-17-7-10-31(21(33)6-9-26)15-19(17)30(3)22-18-8-11-32(23(18)28-16-27-22)25(35)29(2)12-14-37-24(34)20-5-4-13-36-20/h8,11,16-17,19-20H,4-7,10,12-15H2,1-3H3/t17-,19+,20?/m1/s1. The SMILES string of the molecule is C[C@@H]1CCN(C(=O)CC#N)C[C@@H]1N(C)c1ncnc2c1ccn2C(=O)N(C)CCOC(=O)C1CCCO1. The lowest BCUT2D eigenvalue weighted by Crippen LogP contribution is -2.52. The average Bonchev–Trinajstić information content (AvgIpc) is 3.58. The van der Waals surface area contributed by atoms with Crippen molar-refractivity contribution in [3.05, 3.63) is 18.6 Å². The minimum atomic E-state index is -0.509. The van der Waals surface area contributed by atoms with Gasteiger partial charge in [-0.2, -0.15) is 5.26 Å². The van der Waals surface area contributed by atoms with Gasteiger partial charge in [-0.15, -0.1) is 0 Å². The van der Waals surface area contributed by atoms with Gasteiger partial charge in [0.05, 0.1) is 24.0 Å². The number of anilines is 1. The van der Waals surface area contributed by atoms with E-state index < -0.39 is 12.1 Å². The number of nitriles is 1. The Kier molecular flexibility index (Phi) is 8.23. The molecule has 37 heavy (non-hydrogen) atoms. The summed E-state index contributed by atoms with van der Waals surface area (Å²) in [7, 11) is 3.56. The minimum Gasteiger partial charge on any atom is -0.462 e. The van der Waals surface area contributed by atoms with E-state index in [1.807, 2.05) is 18.0 Å². The molecule has 4 heterocycles. The second-order valence-electron chi connectivity index (χ2n) is 9.61. The van der Waals surface area contributed by atoms with Crippen LogP contribution >= 0.6 is 0 Å². The molecule has 0 N–H and O–H groups in total. The van der Waals surface area contributed by atoms with Crippen molar-refractivity contribution in [3.8, 4) is 6.07 Å². The highest BCUT2D eigenvalue weighted by atomic mass is 16.6. The minimum absolute atomic E-state index is 0.00486. The van der Waals surface area contributed by atoms with Crippen molar-refractivity contribution in [3.63, 3.8) is 0 Å². The first-order chi connectivity index (χ1) is 17.8. The molecule has 12 nitrogen and oxygen atoms in total. The number of hydrogen-bond acceptors (Lipinski definition) is 9. The Labute approximate surface area is 215 Å². The summed E-state index contributed by atoms with van der Waals surface area (Å²) in [6, 6.07) is 3.42. The molecule has 0 bridgehead atoms. The van der Waals surface area contributed by atoms with Gasteiger partial charge in [0.15, 0.2) is 11.8 Å². The number of esters is 1. The topological polar surface area (TPSA) is 134 Å². The molecular weight excluding hydrogens is 478 g/mol. The number of fused-ring (bicyclic) bond motifs is 1. The maximum absolute atomic E-state index is 13.1. The van der Waals surface area contributed by atoms with Crippen molar-refractivity contribution in [2.24, 2.45) is 5.92 Å². The first-order valence-electron chi connectivity index (χ1n) is 12.5. The number of piperidine rings is 1. The number of amides is 2. The van der Waals surface area contributed by atoms with Crippen LogP contribution in [-0.2, 0) is 19.1 Å². The number of hydrogen-bond donors (Lipinski definition) is 0. The second-order valence-corrected chi connectivity index (χ2v) is 9.61. The van der Waals surface area contributed by atoms with Crippen LogP contribution in [0, 0.1) is 17.2 Å². The quantitative estimate of drug-likeness (QED) is 0.509. The molecule has 0 aromatic carbocycles. The molecule has 2 aromatic rings. The number of likely N-dealkylation sites (tertiary alicyclic amines) is 1. The van der Waals surface area contributed by atoms with E-state index >= 15 is 0 Å². The van der Waals surface area contributed by atoms with Crippen molar-refractivity contribution in [1.29, 1.82) is 5.26 Å². The second kappa shape index (κ2) is 11.6. The first kappa shape index (κ1) is 26.3. The molecule has 0 aliphatic carbocycles. The molecule has 12 heteroatoms. The Balaban J connectivity index is 1.45. The number of rotatable bonds is 7. The predicted octanol–water partition coefficient (Wildman–Crippen LogP) is 1.64. The van der Waals surface area contributed by atoms with Gasteiger partial charge in [-0.25, -0.2) is 19.6 Å². The molecule has 198 valence electrons. The molecule has 0 spiro atoms. The number of ether oxygens (including phenoxy) is 2. The average molecular weight is 512 g/mol. The van der Waals surface area contributed by atoms with Gasteiger partial charge in [-0.05, 0) is 31.2 Å². The molecule has 0 radical (unpaired) electrons. The van der Waals surface area contributed by atoms with Crippen LogP contribution in [0.15, 0.2) is 18.6 Å². The van der Waals surface area contributed by atoms with Gasteiger partial charge in [0.2, 0.25) is 5.91 Å². The zero-order valence-electron chi connectivity index (χ0n) is 21.5. The van der Waals surface area contributed by atoms with E-state index in [9.17, 15) is 14.4 Å². The zero-order valence-corrected chi connectivity index (χ0v) is 21.5. The molecule has 2 fully saturated rings. The summed E-state index contributed by atoms with van der Waals surface area (Å²) in [5.41, 5.74) is 0.464. The summed E-state index contributed by atoms with van der Waals surface area (Å²) < 4.78 is 12.0. The molecular formula is C25H33N7O5. The van der Waals surface area contributed by atoms with Gasteiger partial charge < -0.3 is 24.2 Å². The van der Waals surface area contributed by atoms with Crippen LogP contribution in [0.3, 0.4) is 0 Å². The van der Waals surface area contributed by atoms with E-state index in [-0.39, 0.29) is 37.6 Å². The van der Waals surface area contributed by atoms with Crippen molar-refractivity contribution in [2.75, 3.05) is 51.8 Å². The lowest BCUT2D eigenvalue weighted by molar-refractivity contribution is -0.154. The number of nitrogens with zero attached hydrogens (tertiary/aromatic N) is 7. The van der Waals surface area contributed by atoms with Crippen LogP contribution in [-0.4, -0.2) is 101 Å². The third-order valence-electron chi connectivity index (χ3n) is 7.19. The monoisotopic (exact) mass is 511 g/mol. The van der Waals surface area contributed by atoms with E-state index in [1.54, 1.807) is 24.2 Å². The fourth-order valence-electron chi connectivity index (χ4n) is 4.91. The Morgan fingerprint density at radius 1 is 1.27 bits per heavy atom. The molecule has 2 amide bonds. The fraction of sp³-hybridized carbons (Fsp3) is 0.600. The largest absolute Gasteiger partial charge is 0.462 e. The Bertz CT molecular complexity index is 1190. The lowest BCUT2D eigenvalue weighted by Gasteiger charge is -2.42. The zero-order chi connectivity index (χ0) is 26.5. The van der Waals surface area contributed by atoms with Gasteiger partial charge >= 0.3 is 12.0 Å². The maximum Gasteiger partial charge on any atom is 0.335 e. The molecule has 4 rings (SSSR count). The number of likely N-dealkylation sites (N-methyl/N-ethyl adjacent to an activating group) is 2. The van der Waals surface area contributed by atoms with Crippen LogP contribution in [0.1, 0.15) is 32.6 Å². The summed E-state index contributed by atoms with van der Waals surface area (Å²) in [5.74, 6) is 0.404. The molecule has 1 unspecified atom stereocenters. The van der Waals surface area contributed by atoms with Gasteiger partial charge in [-0.1, -0.05) is 6.92 Å².